The van der Waals surface area contributed by atoms with Gasteiger partial charge in [-0.1, -0.05) is 6.92 Å². The Morgan fingerprint density at radius 2 is 2.56 bits per heavy atom. The van der Waals surface area contributed by atoms with Gasteiger partial charge in [-0.05, 0) is 37.8 Å². The van der Waals surface area contributed by atoms with Crippen LogP contribution in [0.15, 0.2) is 6.33 Å². The highest BCUT2D eigenvalue weighted by Gasteiger charge is 2.21. The minimum atomic E-state index is 0.0875. The first-order valence-corrected chi connectivity index (χ1v) is 6.57. The van der Waals surface area contributed by atoms with Gasteiger partial charge in [-0.25, -0.2) is 4.98 Å². The minimum absolute atomic E-state index is 0.0875. The first-order chi connectivity index (χ1) is 8.75. The molecule has 0 bridgehead atoms. The molecule has 1 saturated heterocycles. The molecule has 1 aromatic heterocycles. The molecule has 2 heterocycles. The Hall–Kier alpha value is -1.43. The van der Waals surface area contributed by atoms with Crippen molar-refractivity contribution in [2.75, 3.05) is 13.1 Å². The van der Waals surface area contributed by atoms with Crippen molar-refractivity contribution in [3.8, 4) is 0 Å². The third-order valence-corrected chi connectivity index (χ3v) is 3.57. The van der Waals surface area contributed by atoms with E-state index in [9.17, 15) is 4.79 Å². The van der Waals surface area contributed by atoms with E-state index < -0.39 is 0 Å². The average Bonchev–Trinajstić information content (AvgIpc) is 2.90. The molecule has 18 heavy (non-hydrogen) atoms. The highest BCUT2D eigenvalue weighted by Crippen LogP contribution is 2.22. The lowest BCUT2D eigenvalue weighted by atomic mass is 9.85. The van der Waals surface area contributed by atoms with Gasteiger partial charge in [-0.15, -0.1) is 0 Å². The van der Waals surface area contributed by atoms with E-state index in [2.05, 4.69) is 32.7 Å². The van der Waals surface area contributed by atoms with Gasteiger partial charge in [-0.2, -0.15) is 5.10 Å². The number of carbonyl (C=O) groups excluding carboxylic acids is 1. The van der Waals surface area contributed by atoms with Gasteiger partial charge in [0.1, 0.15) is 12.2 Å². The summed E-state index contributed by atoms with van der Waals surface area (Å²) in [7, 11) is 0. The summed E-state index contributed by atoms with van der Waals surface area (Å²) in [5.41, 5.74) is 0. The SMILES string of the molecule is CC(CC(=O)NCc1ncn[nH]1)C1CCCNC1. The van der Waals surface area contributed by atoms with E-state index in [0.717, 1.165) is 13.1 Å². The number of aromatic amines is 1. The number of rotatable bonds is 5. The Kier molecular flexibility index (Phi) is 4.69. The Morgan fingerprint density at radius 1 is 1.67 bits per heavy atom. The summed E-state index contributed by atoms with van der Waals surface area (Å²) in [6.45, 7) is 4.73. The van der Waals surface area contributed by atoms with Gasteiger partial charge in [0.15, 0.2) is 0 Å². The van der Waals surface area contributed by atoms with Gasteiger partial charge in [0.25, 0.3) is 0 Å². The lowest BCUT2D eigenvalue weighted by Crippen LogP contribution is -2.35. The third kappa shape index (κ3) is 3.80. The largest absolute Gasteiger partial charge is 0.349 e. The summed E-state index contributed by atoms with van der Waals surface area (Å²) in [5, 5.41) is 12.7. The van der Waals surface area contributed by atoms with Crippen LogP contribution < -0.4 is 10.6 Å². The van der Waals surface area contributed by atoms with Crippen LogP contribution in [0, 0.1) is 11.8 Å². The van der Waals surface area contributed by atoms with Crippen molar-refractivity contribution in [2.24, 2.45) is 11.8 Å². The number of hydrogen-bond acceptors (Lipinski definition) is 4. The topological polar surface area (TPSA) is 82.7 Å². The van der Waals surface area contributed by atoms with E-state index in [1.165, 1.54) is 19.2 Å². The second-order valence-corrected chi connectivity index (χ2v) is 5.00. The predicted octanol–water partition coefficient (Wildman–Crippen LogP) is 0.447. The summed E-state index contributed by atoms with van der Waals surface area (Å²) in [4.78, 5) is 15.8. The number of nitrogens with one attached hydrogen (secondary N) is 3. The van der Waals surface area contributed by atoms with Crippen LogP contribution in [0.2, 0.25) is 0 Å². The zero-order chi connectivity index (χ0) is 12.8. The molecule has 1 aliphatic rings. The van der Waals surface area contributed by atoms with Gasteiger partial charge in [0, 0.05) is 6.42 Å². The molecule has 6 heteroatoms. The van der Waals surface area contributed by atoms with Crippen molar-refractivity contribution in [2.45, 2.75) is 32.7 Å². The van der Waals surface area contributed by atoms with Crippen molar-refractivity contribution in [1.29, 1.82) is 0 Å². The van der Waals surface area contributed by atoms with Crippen LogP contribution in [0.4, 0.5) is 0 Å². The summed E-state index contributed by atoms with van der Waals surface area (Å²) in [6, 6.07) is 0. The van der Waals surface area contributed by atoms with Crippen molar-refractivity contribution >= 4 is 5.91 Å². The minimum Gasteiger partial charge on any atom is -0.349 e. The molecule has 0 spiro atoms. The normalized spacial score (nSPS) is 21.5. The van der Waals surface area contributed by atoms with Crippen LogP contribution in [-0.2, 0) is 11.3 Å². The lowest BCUT2D eigenvalue weighted by Gasteiger charge is -2.27. The fourth-order valence-corrected chi connectivity index (χ4v) is 2.39. The summed E-state index contributed by atoms with van der Waals surface area (Å²) >= 11 is 0. The molecule has 3 N–H and O–H groups in total. The molecule has 1 fully saturated rings. The molecule has 0 aromatic carbocycles. The Balaban J connectivity index is 1.69. The molecule has 2 unspecified atom stereocenters. The molecule has 0 saturated carbocycles. The van der Waals surface area contributed by atoms with E-state index in [1.54, 1.807) is 0 Å². The summed E-state index contributed by atoms with van der Waals surface area (Å²) < 4.78 is 0. The molecule has 1 aliphatic heterocycles. The lowest BCUT2D eigenvalue weighted by molar-refractivity contribution is -0.122. The molecule has 2 rings (SSSR count). The fourth-order valence-electron chi connectivity index (χ4n) is 2.39. The van der Waals surface area contributed by atoms with Crippen LogP contribution >= 0.6 is 0 Å². The molecule has 0 aliphatic carbocycles. The molecular weight excluding hydrogens is 230 g/mol. The average molecular weight is 251 g/mol. The molecule has 2 atom stereocenters. The molecule has 1 amide bonds. The summed E-state index contributed by atoms with van der Waals surface area (Å²) in [5.74, 6) is 1.82. The first-order valence-electron chi connectivity index (χ1n) is 6.57. The number of piperidine rings is 1. The number of nitrogens with zero attached hydrogens (tertiary/aromatic N) is 2. The van der Waals surface area contributed by atoms with Gasteiger partial charge in [0.05, 0.1) is 6.54 Å². The zero-order valence-electron chi connectivity index (χ0n) is 10.8. The van der Waals surface area contributed by atoms with Crippen LogP contribution in [-0.4, -0.2) is 34.2 Å². The first kappa shape index (κ1) is 13.0. The molecule has 0 radical (unpaired) electrons. The summed E-state index contributed by atoms with van der Waals surface area (Å²) in [6.07, 6.45) is 4.47. The Bertz CT molecular complexity index is 359. The van der Waals surface area contributed by atoms with Gasteiger partial charge >= 0.3 is 0 Å². The Morgan fingerprint density at radius 3 is 3.22 bits per heavy atom. The van der Waals surface area contributed by atoms with Crippen LogP contribution in [0.1, 0.15) is 32.0 Å². The van der Waals surface area contributed by atoms with E-state index in [1.807, 2.05) is 0 Å². The number of aromatic nitrogens is 3. The maximum Gasteiger partial charge on any atom is 0.220 e. The van der Waals surface area contributed by atoms with Crippen molar-refractivity contribution in [3.05, 3.63) is 12.2 Å². The van der Waals surface area contributed by atoms with Crippen molar-refractivity contribution < 1.29 is 4.79 Å². The number of hydrogen-bond donors (Lipinski definition) is 3. The van der Waals surface area contributed by atoms with Gasteiger partial charge < -0.3 is 10.6 Å². The molecular formula is C12H21N5O. The van der Waals surface area contributed by atoms with E-state index in [-0.39, 0.29) is 5.91 Å². The highest BCUT2D eigenvalue weighted by molar-refractivity contribution is 5.76. The van der Waals surface area contributed by atoms with Crippen LogP contribution in [0.5, 0.6) is 0 Å². The number of H-pyrrole nitrogens is 1. The van der Waals surface area contributed by atoms with Crippen molar-refractivity contribution in [3.63, 3.8) is 0 Å². The van der Waals surface area contributed by atoms with Gasteiger partial charge in [0.2, 0.25) is 5.91 Å². The standard InChI is InChI=1S/C12H21N5O/c1-9(10-3-2-4-13-6-10)5-12(18)14-7-11-15-8-16-17-11/h8-10,13H,2-7H2,1H3,(H,14,18)(H,15,16,17). The third-order valence-electron chi connectivity index (χ3n) is 3.57. The second-order valence-electron chi connectivity index (χ2n) is 5.00. The van der Waals surface area contributed by atoms with E-state index >= 15 is 0 Å². The maximum atomic E-state index is 11.8. The van der Waals surface area contributed by atoms with Gasteiger partial charge in [-0.3, -0.25) is 9.89 Å². The maximum absolute atomic E-state index is 11.8. The smallest absolute Gasteiger partial charge is 0.220 e. The molecule has 1 aromatic rings. The highest BCUT2D eigenvalue weighted by atomic mass is 16.1. The predicted molar refractivity (Wildman–Crippen MR) is 67.6 cm³/mol. The van der Waals surface area contributed by atoms with E-state index in [4.69, 9.17) is 0 Å². The van der Waals surface area contributed by atoms with Crippen LogP contribution in [0.25, 0.3) is 0 Å². The zero-order valence-corrected chi connectivity index (χ0v) is 10.8. The fraction of sp³-hybridized carbons (Fsp3) is 0.750. The number of amides is 1. The number of carbonyl (C=O) groups is 1. The Labute approximate surface area is 107 Å². The molecule has 6 nitrogen and oxygen atoms in total. The second kappa shape index (κ2) is 6.49. The molecule has 100 valence electrons. The monoisotopic (exact) mass is 251 g/mol. The quantitative estimate of drug-likeness (QED) is 0.709. The van der Waals surface area contributed by atoms with Crippen molar-refractivity contribution in [1.82, 2.24) is 25.8 Å². The van der Waals surface area contributed by atoms with Crippen LogP contribution in [0.3, 0.4) is 0 Å². The van der Waals surface area contributed by atoms with E-state index in [0.29, 0.717) is 30.6 Å².